The van der Waals surface area contributed by atoms with Crippen LogP contribution in [0.3, 0.4) is 0 Å². The number of benzene rings is 2. The van der Waals surface area contributed by atoms with Gasteiger partial charge in [0.25, 0.3) is 5.91 Å². The highest BCUT2D eigenvalue weighted by molar-refractivity contribution is 6.02. The minimum atomic E-state index is -4.39. The number of carbonyl (C=O) groups is 2. The molecular formula is C30H39F3N4O4. The molecule has 0 aromatic heterocycles. The quantitative estimate of drug-likeness (QED) is 0.440. The Bertz CT molecular complexity index is 1200. The van der Waals surface area contributed by atoms with Crippen LogP contribution < -0.4 is 15.4 Å². The number of amides is 2. The van der Waals surface area contributed by atoms with Crippen LogP contribution in [0.1, 0.15) is 48.2 Å². The summed E-state index contributed by atoms with van der Waals surface area (Å²) >= 11 is 0. The number of nitrogens with zero attached hydrogens (tertiary/aromatic N) is 2. The number of piperidine rings is 1. The van der Waals surface area contributed by atoms with E-state index in [4.69, 9.17) is 4.74 Å². The summed E-state index contributed by atoms with van der Waals surface area (Å²) in [6.45, 7) is 6.19. The fourth-order valence-electron chi connectivity index (χ4n) is 5.36. The zero-order valence-corrected chi connectivity index (χ0v) is 23.7. The summed E-state index contributed by atoms with van der Waals surface area (Å²) in [6.07, 6.45) is -3.38. The fraction of sp³-hybridized carbons (Fsp3) is 0.533. The molecule has 2 aromatic rings. The van der Waals surface area contributed by atoms with E-state index < -0.39 is 23.9 Å². The molecule has 2 aromatic carbocycles. The molecular weight excluding hydrogens is 537 g/mol. The minimum Gasteiger partial charge on any atom is -0.486 e. The van der Waals surface area contributed by atoms with E-state index in [1.807, 2.05) is 18.9 Å². The summed E-state index contributed by atoms with van der Waals surface area (Å²) in [5, 5.41) is 16.1. The second-order valence-electron chi connectivity index (χ2n) is 11.2. The third-order valence-electron chi connectivity index (χ3n) is 7.88. The molecule has 8 nitrogen and oxygen atoms in total. The van der Waals surface area contributed by atoms with Gasteiger partial charge in [-0.25, -0.2) is 0 Å². The van der Waals surface area contributed by atoms with Gasteiger partial charge in [0.1, 0.15) is 6.10 Å². The van der Waals surface area contributed by atoms with Crippen molar-refractivity contribution in [2.75, 3.05) is 45.2 Å². The lowest BCUT2D eigenvalue weighted by Crippen LogP contribution is -2.49. The lowest BCUT2D eigenvalue weighted by atomic mass is 9.96. The second kappa shape index (κ2) is 13.2. The van der Waals surface area contributed by atoms with Crippen LogP contribution in [0, 0.1) is 11.8 Å². The molecule has 0 spiro atoms. The SMILES string of the molecule is CC1CN(C(C)CO)C(=O)c2cccc(NC(=O)C3CCNCC3)c2OC1CN(C)Cc1ccc(C(F)(F)F)cc1. The lowest BCUT2D eigenvalue weighted by molar-refractivity contribution is -0.137. The van der Waals surface area contributed by atoms with Gasteiger partial charge < -0.3 is 25.4 Å². The molecule has 2 aliphatic rings. The van der Waals surface area contributed by atoms with Crippen LogP contribution in [0.25, 0.3) is 0 Å². The van der Waals surface area contributed by atoms with Crippen molar-refractivity contribution in [1.82, 2.24) is 15.1 Å². The monoisotopic (exact) mass is 576 g/mol. The summed E-state index contributed by atoms with van der Waals surface area (Å²) in [4.78, 5) is 30.4. The molecule has 2 amide bonds. The molecule has 2 heterocycles. The minimum absolute atomic E-state index is 0.123. The van der Waals surface area contributed by atoms with E-state index in [-0.39, 0.29) is 36.0 Å². The predicted molar refractivity (Wildman–Crippen MR) is 150 cm³/mol. The van der Waals surface area contributed by atoms with E-state index in [1.165, 1.54) is 12.1 Å². The van der Waals surface area contributed by atoms with Gasteiger partial charge in [-0.05, 0) is 69.7 Å². The van der Waals surface area contributed by atoms with E-state index in [0.717, 1.165) is 43.6 Å². The van der Waals surface area contributed by atoms with Crippen molar-refractivity contribution in [3.63, 3.8) is 0 Å². The molecule has 41 heavy (non-hydrogen) atoms. The highest BCUT2D eigenvalue weighted by Gasteiger charge is 2.35. The summed E-state index contributed by atoms with van der Waals surface area (Å²) in [6, 6.07) is 9.74. The van der Waals surface area contributed by atoms with Gasteiger partial charge in [-0.3, -0.25) is 14.5 Å². The number of nitrogens with one attached hydrogen (secondary N) is 2. The Morgan fingerprint density at radius 3 is 2.51 bits per heavy atom. The molecule has 0 aliphatic carbocycles. The van der Waals surface area contributed by atoms with E-state index in [1.54, 1.807) is 30.0 Å². The molecule has 3 unspecified atom stereocenters. The molecule has 0 bridgehead atoms. The summed E-state index contributed by atoms with van der Waals surface area (Å²) in [5.41, 5.74) is 0.746. The highest BCUT2D eigenvalue weighted by Crippen LogP contribution is 2.36. The number of carbonyl (C=O) groups excluding carboxylic acids is 2. The number of aliphatic hydroxyl groups is 1. The lowest BCUT2D eigenvalue weighted by Gasteiger charge is -2.38. The number of hydrogen-bond acceptors (Lipinski definition) is 6. The number of anilines is 1. The van der Waals surface area contributed by atoms with E-state index >= 15 is 0 Å². The second-order valence-corrected chi connectivity index (χ2v) is 11.2. The van der Waals surface area contributed by atoms with Crippen LogP contribution in [0.2, 0.25) is 0 Å². The van der Waals surface area contributed by atoms with Crippen molar-refractivity contribution in [3.8, 4) is 5.75 Å². The first kappa shape index (κ1) is 30.8. The van der Waals surface area contributed by atoms with Crippen LogP contribution in [-0.2, 0) is 17.5 Å². The van der Waals surface area contributed by atoms with Crippen molar-refractivity contribution >= 4 is 17.5 Å². The maximum Gasteiger partial charge on any atom is 0.416 e. The Labute approximate surface area is 238 Å². The first-order valence-electron chi connectivity index (χ1n) is 14.1. The first-order valence-corrected chi connectivity index (χ1v) is 14.1. The number of para-hydroxylation sites is 1. The summed E-state index contributed by atoms with van der Waals surface area (Å²) in [5.74, 6) is -0.434. The third-order valence-corrected chi connectivity index (χ3v) is 7.88. The maximum atomic E-state index is 13.7. The average Bonchev–Trinajstić information content (AvgIpc) is 2.95. The van der Waals surface area contributed by atoms with Gasteiger partial charge in [0, 0.05) is 31.5 Å². The predicted octanol–water partition coefficient (Wildman–Crippen LogP) is 4.00. The molecule has 0 radical (unpaired) electrons. The van der Waals surface area contributed by atoms with Crippen molar-refractivity contribution in [3.05, 3.63) is 59.2 Å². The molecule has 3 atom stereocenters. The molecule has 224 valence electrons. The maximum absolute atomic E-state index is 13.7. The van der Waals surface area contributed by atoms with Crippen LogP contribution in [-0.4, -0.2) is 78.7 Å². The zero-order valence-electron chi connectivity index (χ0n) is 23.7. The Morgan fingerprint density at radius 1 is 1.20 bits per heavy atom. The number of aliphatic hydroxyl groups excluding tert-OH is 1. The number of halogens is 3. The number of alkyl halides is 3. The molecule has 2 aliphatic heterocycles. The van der Waals surface area contributed by atoms with Crippen LogP contribution in [0.4, 0.5) is 18.9 Å². The normalized spacial score (nSPS) is 21.1. The van der Waals surface area contributed by atoms with Crippen molar-refractivity contribution < 1.29 is 32.6 Å². The Balaban J connectivity index is 1.60. The molecule has 3 N–H and O–H groups in total. The zero-order chi connectivity index (χ0) is 29.7. The van der Waals surface area contributed by atoms with Crippen molar-refractivity contribution in [1.29, 1.82) is 0 Å². The van der Waals surface area contributed by atoms with E-state index in [9.17, 15) is 27.9 Å². The van der Waals surface area contributed by atoms with Gasteiger partial charge in [-0.2, -0.15) is 13.2 Å². The topological polar surface area (TPSA) is 94.1 Å². The fourth-order valence-corrected chi connectivity index (χ4v) is 5.36. The van der Waals surface area contributed by atoms with E-state index in [0.29, 0.717) is 30.9 Å². The van der Waals surface area contributed by atoms with Crippen LogP contribution in [0.5, 0.6) is 5.75 Å². The standard InChI is InChI=1S/C30H39F3N4O4/c1-19-15-37(20(2)18-38)29(40)24-5-4-6-25(35-28(39)22-11-13-34-14-12-22)27(24)41-26(19)17-36(3)16-21-7-9-23(10-8-21)30(31,32)33/h4-10,19-20,22,26,34,38H,11-18H2,1-3H3,(H,35,39). The van der Waals surface area contributed by atoms with Gasteiger partial charge in [0.05, 0.1) is 29.5 Å². The summed E-state index contributed by atoms with van der Waals surface area (Å²) < 4.78 is 45.5. The van der Waals surface area contributed by atoms with Gasteiger partial charge >= 0.3 is 6.18 Å². The molecule has 4 rings (SSSR count). The molecule has 1 fully saturated rings. The number of hydrogen-bond donors (Lipinski definition) is 3. The van der Waals surface area contributed by atoms with Gasteiger partial charge in [0.2, 0.25) is 5.91 Å². The molecule has 0 saturated carbocycles. The first-order chi connectivity index (χ1) is 19.5. The number of ether oxygens (including phenoxy) is 1. The van der Waals surface area contributed by atoms with Crippen molar-refractivity contribution in [2.24, 2.45) is 11.8 Å². The van der Waals surface area contributed by atoms with Crippen LogP contribution in [0.15, 0.2) is 42.5 Å². The Morgan fingerprint density at radius 2 is 1.88 bits per heavy atom. The smallest absolute Gasteiger partial charge is 0.416 e. The number of fused-ring (bicyclic) bond motifs is 1. The third kappa shape index (κ3) is 7.58. The van der Waals surface area contributed by atoms with Gasteiger partial charge in [-0.15, -0.1) is 0 Å². The van der Waals surface area contributed by atoms with Crippen molar-refractivity contribution in [2.45, 2.75) is 51.6 Å². The number of rotatable bonds is 8. The van der Waals surface area contributed by atoms with Gasteiger partial charge in [-0.1, -0.05) is 25.1 Å². The van der Waals surface area contributed by atoms with Crippen LogP contribution >= 0.6 is 0 Å². The largest absolute Gasteiger partial charge is 0.486 e. The Hall–Kier alpha value is -3.15. The Kier molecular flexibility index (Phi) is 9.93. The van der Waals surface area contributed by atoms with E-state index in [2.05, 4.69) is 10.6 Å². The average molecular weight is 577 g/mol. The highest BCUT2D eigenvalue weighted by atomic mass is 19.4. The van der Waals surface area contributed by atoms with Gasteiger partial charge in [0.15, 0.2) is 5.75 Å². The molecule has 11 heteroatoms. The molecule has 1 saturated heterocycles. The number of likely N-dealkylation sites (N-methyl/N-ethyl adjacent to an activating group) is 1. The summed E-state index contributed by atoms with van der Waals surface area (Å²) in [7, 11) is 1.86.